The summed E-state index contributed by atoms with van der Waals surface area (Å²) in [7, 11) is 13.3. The van der Waals surface area contributed by atoms with E-state index in [0.717, 1.165) is 118 Å². The molecule has 6 N–H and O–H groups in total. The third-order valence-electron chi connectivity index (χ3n) is 35.2. The topological polar surface area (TPSA) is 247 Å². The van der Waals surface area contributed by atoms with Gasteiger partial charge in [-0.3, -0.25) is 30.6 Å². The van der Waals surface area contributed by atoms with Crippen LogP contribution in [0, 0.1) is 10.8 Å². The highest BCUT2D eigenvalue weighted by Crippen LogP contribution is 2.53. The fraction of sp³-hybridized carbons (Fsp3) is 0.843. The zero-order valence-corrected chi connectivity index (χ0v) is 91.1. The predicted octanol–water partition coefficient (Wildman–Crippen LogP) is 25.5. The molecule has 5 atom stereocenters. The van der Waals surface area contributed by atoms with E-state index in [0.29, 0.717) is 46.3 Å². The van der Waals surface area contributed by atoms with Gasteiger partial charge in [0.1, 0.15) is 0 Å². The van der Waals surface area contributed by atoms with E-state index < -0.39 is 0 Å². The summed E-state index contributed by atoms with van der Waals surface area (Å²) < 4.78 is 38.2. The molecule has 6 saturated heterocycles. The van der Waals surface area contributed by atoms with Crippen molar-refractivity contribution in [3.63, 3.8) is 0 Å². The third kappa shape index (κ3) is 32.6. The smallest absolute Gasteiger partial charge is 0.0689 e. The van der Waals surface area contributed by atoms with Crippen LogP contribution in [0.25, 0.3) is 0 Å². The summed E-state index contributed by atoms with van der Waals surface area (Å²) in [5, 5.41) is 45.6. The van der Waals surface area contributed by atoms with Gasteiger partial charge in [-0.2, -0.15) is 30.6 Å². The van der Waals surface area contributed by atoms with Crippen LogP contribution in [0.1, 0.15) is 487 Å². The highest BCUT2D eigenvalue weighted by atomic mass is 16.5. The van der Waals surface area contributed by atoms with E-state index in [1.54, 1.807) is 0 Å². The second kappa shape index (κ2) is 54.5. The lowest BCUT2D eigenvalue weighted by Gasteiger charge is -2.47. The van der Waals surface area contributed by atoms with Crippen molar-refractivity contribution in [2.75, 3.05) is 121 Å². The monoisotopic (exact) mass is 1930 g/mol. The average Bonchev–Trinajstić information content (AvgIpc) is 0.919. The fourth-order valence-electron chi connectivity index (χ4n) is 25.9. The number of aromatic amines is 6. The molecule has 0 aromatic carbocycles. The molecule has 6 aliphatic carbocycles. The predicted molar refractivity (Wildman–Crippen MR) is 566 cm³/mol. The van der Waals surface area contributed by atoms with E-state index in [9.17, 15) is 0 Å². The largest absolute Gasteiger partial charge is 0.374 e. The normalized spacial score (nSPS) is 24.4. The molecule has 12 heterocycles. The van der Waals surface area contributed by atoms with Crippen LogP contribution in [-0.2, 0) is 67.7 Å². The first-order valence-electron chi connectivity index (χ1n) is 57.3. The van der Waals surface area contributed by atoms with Crippen LogP contribution in [0.15, 0.2) is 37.2 Å². The van der Waals surface area contributed by atoms with Crippen LogP contribution in [0.3, 0.4) is 0 Å². The lowest BCUT2D eigenvalue weighted by molar-refractivity contribution is -0.122. The summed E-state index contributed by atoms with van der Waals surface area (Å²) in [6.07, 6.45) is 74.4. The summed E-state index contributed by atoms with van der Waals surface area (Å²) in [6.45, 7) is 41.1. The van der Waals surface area contributed by atoms with Crippen LogP contribution < -0.4 is 0 Å². The minimum absolute atomic E-state index is 0.165. The molecule has 0 bridgehead atoms. The summed E-state index contributed by atoms with van der Waals surface area (Å²) in [5.74, 6) is 3.11. The first kappa shape index (κ1) is 111. The van der Waals surface area contributed by atoms with Gasteiger partial charge in [0.05, 0.1) is 110 Å². The number of aromatic nitrogens is 12. The molecule has 6 aliphatic heterocycles. The number of unbranched alkanes of at least 4 members (excludes halogenated alkanes) is 6. The van der Waals surface area contributed by atoms with Crippen molar-refractivity contribution in [1.29, 1.82) is 0 Å². The second-order valence-electron chi connectivity index (χ2n) is 48.3. The third-order valence-corrected chi connectivity index (χ3v) is 35.2. The average molecular weight is 1930 g/mol. The van der Waals surface area contributed by atoms with Crippen molar-refractivity contribution in [3.05, 3.63) is 105 Å². The molecular formula is C115H200N18O6. The molecule has 0 unspecified atom stereocenters. The van der Waals surface area contributed by atoms with Crippen molar-refractivity contribution >= 4 is 0 Å². The zero-order chi connectivity index (χ0) is 98.2. The Balaban J connectivity index is 0.000000141. The van der Waals surface area contributed by atoms with Crippen molar-refractivity contribution in [1.82, 2.24) is 90.6 Å². The number of ether oxygens (including phenoxy) is 6. The minimum Gasteiger partial charge on any atom is -0.374 e. The lowest BCUT2D eigenvalue weighted by Crippen LogP contribution is -2.43. The Labute approximate surface area is 843 Å². The van der Waals surface area contributed by atoms with E-state index in [1.165, 1.54) is 382 Å². The van der Waals surface area contributed by atoms with Gasteiger partial charge in [0.15, 0.2) is 0 Å². The molecule has 0 amide bonds. The number of hydrogen-bond acceptors (Lipinski definition) is 18. The van der Waals surface area contributed by atoms with Crippen LogP contribution >= 0.6 is 0 Å². The van der Waals surface area contributed by atoms with Gasteiger partial charge in [0.25, 0.3) is 0 Å². The Kier molecular flexibility index (Phi) is 43.5. The second-order valence-corrected chi connectivity index (χ2v) is 48.3. The molecule has 139 heavy (non-hydrogen) atoms. The summed E-state index contributed by atoms with van der Waals surface area (Å²) in [5.41, 5.74) is 18.2. The van der Waals surface area contributed by atoms with E-state index in [1.807, 2.05) is 37.2 Å². The highest BCUT2D eigenvalue weighted by Gasteiger charge is 2.49. The number of rotatable bonds is 36. The number of hydrogen-bond donors (Lipinski definition) is 6. The summed E-state index contributed by atoms with van der Waals surface area (Å²) >= 11 is 0. The molecule has 12 fully saturated rings. The molecule has 12 aliphatic rings. The van der Waals surface area contributed by atoms with E-state index in [-0.39, 0.29) is 33.6 Å². The molecule has 24 nitrogen and oxygen atoms in total. The zero-order valence-electron chi connectivity index (χ0n) is 91.1. The van der Waals surface area contributed by atoms with Gasteiger partial charge in [-0.05, 0) is 304 Å². The van der Waals surface area contributed by atoms with Crippen LogP contribution in [0.5, 0.6) is 0 Å². The Bertz CT molecular complexity index is 4140. The van der Waals surface area contributed by atoms with E-state index in [4.69, 9.17) is 28.4 Å². The molecule has 18 rings (SSSR count). The molecule has 6 saturated carbocycles. The maximum Gasteiger partial charge on any atom is 0.0689 e. The number of H-pyrrole nitrogens is 6. The van der Waals surface area contributed by atoms with Gasteiger partial charge < -0.3 is 57.8 Å². The molecular weight excluding hydrogens is 1730 g/mol. The van der Waals surface area contributed by atoms with Crippen LogP contribution in [-0.4, -0.2) is 245 Å². The Morgan fingerprint density at radius 3 is 0.647 bits per heavy atom. The Hall–Kier alpha value is -5.22. The lowest BCUT2D eigenvalue weighted by atomic mass is 9.68. The Morgan fingerprint density at radius 1 is 0.245 bits per heavy atom. The minimum atomic E-state index is 0.165. The van der Waals surface area contributed by atoms with Gasteiger partial charge in [-0.15, -0.1) is 0 Å². The molecule has 786 valence electrons. The van der Waals surface area contributed by atoms with Crippen LogP contribution in [0.4, 0.5) is 0 Å². The fourth-order valence-corrected chi connectivity index (χ4v) is 25.9. The quantitative estimate of drug-likeness (QED) is 0.0214. The van der Waals surface area contributed by atoms with Crippen molar-refractivity contribution in [2.45, 2.75) is 492 Å². The standard InChI is InChI=1S/C21H37N3O.C20H35N3O.2C19H33N3O.2C18H31N3O/c1-5-6-13-24(4)15-18-14-22-23-19(18)17-7-8-21(25-16-17)11-9-20(2,3)10-12-21;1-5-6-11-23(4)13-17-12-21-22-18(17)16-7-9-20(10-8-16)14-19(2,3)15-24-20;2*1-3-4-12-22(2)14-17-13-20-21-18(17)16-8-11-19(23-15-16)9-6-5-7-10-19;2*1-3-4-11-21(2)13-16-12-19-20-17(16)15-7-10-18(22-14-15)8-5-6-9-18/h14,17H,5-13,15-16H2,1-4H3,(H,22,23);12,16H,5-11,13-15H2,1-4H3,(H,21,22);2*13,16H,3-12,14-15H2,1-2H3,(H,20,21);2*12,15H,3-11,13-14H2,1-2H3,(H,19,20)/t17-;;2*16-;2*15-/m1.1010/s1. The van der Waals surface area contributed by atoms with E-state index in [2.05, 4.69) is 202 Å². The van der Waals surface area contributed by atoms with E-state index >= 15 is 0 Å². The van der Waals surface area contributed by atoms with Gasteiger partial charge in [-0.1, -0.05) is 172 Å². The molecule has 0 radical (unpaired) electrons. The molecule has 24 heteroatoms. The molecule has 6 spiro atoms. The molecule has 6 aromatic rings. The van der Waals surface area contributed by atoms with Gasteiger partial charge in [0, 0.05) is 142 Å². The maximum absolute atomic E-state index is 6.50. The highest BCUT2D eigenvalue weighted by molar-refractivity contribution is 5.27. The van der Waals surface area contributed by atoms with Crippen LogP contribution in [0.2, 0.25) is 0 Å². The van der Waals surface area contributed by atoms with Gasteiger partial charge >= 0.3 is 0 Å². The number of nitrogens with zero attached hydrogens (tertiary/aromatic N) is 12. The maximum atomic E-state index is 6.50. The van der Waals surface area contributed by atoms with Crippen molar-refractivity contribution in [2.24, 2.45) is 10.8 Å². The first-order valence-corrected chi connectivity index (χ1v) is 57.3. The summed E-state index contributed by atoms with van der Waals surface area (Å²) in [4.78, 5) is 14.4. The SMILES string of the molecule is CCCCN(C)Cc1cn[nH]c1C1CCC2(CC1)CC(C)(C)CO2.CCCCN(C)Cc1cn[nH]c1[C@@H]1CCC2(CCC(C)(C)CC2)OC1.CCCCN(C)Cc1cn[nH]c1[C@@H]1CCC2(CCCC2)OC1.CCCCN(C)Cc1cn[nH]c1[C@@H]1CCC2(CCCCC2)OC1.CCCCN(C)Cc1cn[nH]c1[C@H]1CCC2(CCCC2)OC1.CCCCN(C)Cc1cn[nH]c1[C@H]1CCC2(CCCCC2)OC1. The number of nitrogens with one attached hydrogen (secondary N) is 6. The molecule has 6 aromatic heterocycles. The van der Waals surface area contributed by atoms with Gasteiger partial charge in [-0.25, -0.2) is 0 Å². The Morgan fingerprint density at radius 2 is 0.446 bits per heavy atom. The first-order chi connectivity index (χ1) is 67.3. The van der Waals surface area contributed by atoms with Crippen molar-refractivity contribution < 1.29 is 28.4 Å². The summed E-state index contributed by atoms with van der Waals surface area (Å²) in [6, 6.07) is 0. The van der Waals surface area contributed by atoms with Crippen molar-refractivity contribution in [3.8, 4) is 0 Å². The van der Waals surface area contributed by atoms with Gasteiger partial charge in [0.2, 0.25) is 0 Å².